The molecule has 0 atom stereocenters. The lowest BCUT2D eigenvalue weighted by molar-refractivity contribution is 0.0697. The van der Waals surface area contributed by atoms with Crippen molar-refractivity contribution in [1.82, 2.24) is 14.9 Å². The first kappa shape index (κ1) is 13.6. The number of carboxylic acids is 1. The van der Waals surface area contributed by atoms with Crippen LogP contribution in [-0.4, -0.2) is 46.8 Å². The molecule has 7 heteroatoms. The van der Waals surface area contributed by atoms with Gasteiger partial charge in [0.05, 0.1) is 16.5 Å². The number of anilines is 1. The van der Waals surface area contributed by atoms with Gasteiger partial charge in [-0.05, 0) is 18.2 Å². The summed E-state index contributed by atoms with van der Waals surface area (Å²) >= 11 is 0. The van der Waals surface area contributed by atoms with Crippen LogP contribution in [-0.2, 0) is 7.05 Å². The second kappa shape index (κ2) is 5.17. The number of aromatic nitrogens is 2. The van der Waals surface area contributed by atoms with Gasteiger partial charge in [0.1, 0.15) is 0 Å². The van der Waals surface area contributed by atoms with E-state index in [-0.39, 0.29) is 11.1 Å². The molecule has 110 valence electrons. The molecule has 2 heterocycles. The van der Waals surface area contributed by atoms with Gasteiger partial charge in [-0.15, -0.1) is 0 Å². The van der Waals surface area contributed by atoms with Crippen LogP contribution in [0.4, 0.5) is 5.95 Å². The first-order chi connectivity index (χ1) is 10.1. The van der Waals surface area contributed by atoms with Crippen molar-refractivity contribution in [2.24, 2.45) is 7.05 Å². The van der Waals surface area contributed by atoms with Gasteiger partial charge in [0.25, 0.3) is 5.56 Å². The predicted molar refractivity (Wildman–Crippen MR) is 79.0 cm³/mol. The van der Waals surface area contributed by atoms with Gasteiger partial charge in [0.15, 0.2) is 0 Å². The number of aromatic carboxylic acids is 1. The lowest BCUT2D eigenvalue weighted by Gasteiger charge is -2.29. The minimum absolute atomic E-state index is 0.134. The molecule has 0 saturated carbocycles. The van der Waals surface area contributed by atoms with E-state index in [0.29, 0.717) is 16.9 Å². The van der Waals surface area contributed by atoms with Crippen LogP contribution in [0.2, 0.25) is 0 Å². The van der Waals surface area contributed by atoms with Gasteiger partial charge in [-0.3, -0.25) is 9.36 Å². The highest BCUT2D eigenvalue weighted by molar-refractivity contribution is 5.93. The van der Waals surface area contributed by atoms with Gasteiger partial charge in [0, 0.05) is 33.2 Å². The second-order valence-electron chi connectivity index (χ2n) is 5.05. The van der Waals surface area contributed by atoms with E-state index in [2.05, 4.69) is 10.3 Å². The van der Waals surface area contributed by atoms with Gasteiger partial charge < -0.3 is 15.3 Å². The summed E-state index contributed by atoms with van der Waals surface area (Å²) in [6.45, 7) is 3.21. The van der Waals surface area contributed by atoms with E-state index < -0.39 is 5.97 Å². The number of rotatable bonds is 2. The van der Waals surface area contributed by atoms with Crippen molar-refractivity contribution in [2.45, 2.75) is 0 Å². The van der Waals surface area contributed by atoms with Crippen LogP contribution < -0.4 is 15.8 Å². The summed E-state index contributed by atoms with van der Waals surface area (Å²) in [5.41, 5.74) is 0.395. The van der Waals surface area contributed by atoms with E-state index in [1.165, 1.54) is 22.8 Å². The minimum atomic E-state index is -1.02. The molecular formula is C14H16N4O3. The van der Waals surface area contributed by atoms with Crippen LogP contribution >= 0.6 is 0 Å². The topological polar surface area (TPSA) is 87.5 Å². The van der Waals surface area contributed by atoms with Gasteiger partial charge >= 0.3 is 5.97 Å². The largest absolute Gasteiger partial charge is 0.478 e. The Morgan fingerprint density at radius 1 is 1.33 bits per heavy atom. The molecule has 21 heavy (non-hydrogen) atoms. The van der Waals surface area contributed by atoms with Crippen LogP contribution in [0.5, 0.6) is 0 Å². The highest BCUT2D eigenvalue weighted by Gasteiger charge is 2.17. The van der Waals surface area contributed by atoms with Crippen LogP contribution in [0, 0.1) is 0 Å². The van der Waals surface area contributed by atoms with Crippen molar-refractivity contribution in [3.63, 3.8) is 0 Å². The van der Waals surface area contributed by atoms with Crippen LogP contribution in [0.3, 0.4) is 0 Å². The number of piperazine rings is 1. The van der Waals surface area contributed by atoms with Crippen molar-refractivity contribution >= 4 is 22.8 Å². The summed E-state index contributed by atoms with van der Waals surface area (Å²) in [6.07, 6.45) is 0. The fraction of sp³-hybridized carbons (Fsp3) is 0.357. The molecule has 1 fully saturated rings. The van der Waals surface area contributed by atoms with Gasteiger partial charge in [0.2, 0.25) is 5.95 Å². The van der Waals surface area contributed by atoms with Crippen LogP contribution in [0.15, 0.2) is 23.0 Å². The number of carboxylic acid groups (broad SMARTS) is 1. The first-order valence-corrected chi connectivity index (χ1v) is 6.77. The van der Waals surface area contributed by atoms with Crippen molar-refractivity contribution in [3.8, 4) is 0 Å². The summed E-state index contributed by atoms with van der Waals surface area (Å²) in [6, 6.07) is 4.40. The Morgan fingerprint density at radius 3 is 2.71 bits per heavy atom. The molecule has 0 radical (unpaired) electrons. The zero-order valence-electron chi connectivity index (χ0n) is 11.7. The highest BCUT2D eigenvalue weighted by atomic mass is 16.4. The summed E-state index contributed by atoms with van der Waals surface area (Å²) in [5, 5.41) is 12.7. The third kappa shape index (κ3) is 2.36. The third-order valence-electron chi connectivity index (χ3n) is 3.70. The summed E-state index contributed by atoms with van der Waals surface area (Å²) < 4.78 is 1.52. The molecule has 0 unspecified atom stereocenters. The molecule has 0 spiro atoms. The van der Waals surface area contributed by atoms with Gasteiger partial charge in [-0.1, -0.05) is 0 Å². The second-order valence-corrected chi connectivity index (χ2v) is 5.05. The number of hydrogen-bond donors (Lipinski definition) is 2. The minimum Gasteiger partial charge on any atom is -0.478 e. The molecule has 1 saturated heterocycles. The van der Waals surface area contributed by atoms with E-state index in [9.17, 15) is 9.59 Å². The molecule has 0 amide bonds. The molecule has 3 rings (SSSR count). The smallest absolute Gasteiger partial charge is 0.335 e. The number of fused-ring (bicyclic) bond motifs is 1. The Hall–Kier alpha value is -2.41. The molecule has 2 aromatic rings. The molecule has 1 aromatic carbocycles. The zero-order chi connectivity index (χ0) is 15.0. The standard InChI is InChI=1S/C14H16N4O3/c1-17-12(19)10-3-2-9(13(20)21)8-11(10)16-14(17)18-6-4-15-5-7-18/h2-3,8,15H,4-7H2,1H3,(H,20,21). The molecule has 0 aliphatic carbocycles. The van der Waals surface area contributed by atoms with Gasteiger partial charge in [-0.25, -0.2) is 9.78 Å². The average molecular weight is 288 g/mol. The van der Waals surface area contributed by atoms with E-state index in [1.807, 2.05) is 4.90 Å². The predicted octanol–water partition coefficient (Wildman–Crippen LogP) is 0.0413. The van der Waals surface area contributed by atoms with E-state index in [1.54, 1.807) is 7.05 Å². The normalized spacial score (nSPS) is 15.4. The van der Waals surface area contributed by atoms with Crippen molar-refractivity contribution in [2.75, 3.05) is 31.1 Å². The Labute approximate surface area is 120 Å². The van der Waals surface area contributed by atoms with Crippen molar-refractivity contribution in [1.29, 1.82) is 0 Å². The SMILES string of the molecule is Cn1c(N2CCNCC2)nc2cc(C(=O)O)ccc2c1=O. The fourth-order valence-electron chi connectivity index (χ4n) is 2.54. The van der Waals surface area contributed by atoms with E-state index in [4.69, 9.17) is 5.11 Å². The van der Waals surface area contributed by atoms with Crippen LogP contribution in [0.1, 0.15) is 10.4 Å². The number of nitrogens with one attached hydrogen (secondary N) is 1. The van der Waals surface area contributed by atoms with Crippen LogP contribution in [0.25, 0.3) is 10.9 Å². The Morgan fingerprint density at radius 2 is 2.05 bits per heavy atom. The van der Waals surface area contributed by atoms with E-state index >= 15 is 0 Å². The number of nitrogens with zero attached hydrogens (tertiary/aromatic N) is 3. The molecule has 2 N–H and O–H groups in total. The molecule has 1 aliphatic heterocycles. The summed E-state index contributed by atoms with van der Waals surface area (Å²) in [5.74, 6) is -0.445. The highest BCUT2D eigenvalue weighted by Crippen LogP contribution is 2.16. The Bertz CT molecular complexity index is 763. The monoisotopic (exact) mass is 288 g/mol. The van der Waals surface area contributed by atoms with Crippen molar-refractivity contribution < 1.29 is 9.90 Å². The van der Waals surface area contributed by atoms with E-state index in [0.717, 1.165) is 26.2 Å². The lowest BCUT2D eigenvalue weighted by Crippen LogP contribution is -2.45. The molecule has 7 nitrogen and oxygen atoms in total. The first-order valence-electron chi connectivity index (χ1n) is 6.77. The molecule has 1 aromatic heterocycles. The fourth-order valence-corrected chi connectivity index (χ4v) is 2.54. The lowest BCUT2D eigenvalue weighted by atomic mass is 10.1. The molecule has 1 aliphatic rings. The Kier molecular flexibility index (Phi) is 3.34. The zero-order valence-corrected chi connectivity index (χ0v) is 11.7. The quantitative estimate of drug-likeness (QED) is 0.811. The Balaban J connectivity index is 2.18. The number of carbonyl (C=O) groups is 1. The number of hydrogen-bond acceptors (Lipinski definition) is 5. The molecular weight excluding hydrogens is 272 g/mol. The molecule has 0 bridgehead atoms. The maximum atomic E-state index is 12.4. The van der Waals surface area contributed by atoms with Crippen molar-refractivity contribution in [3.05, 3.63) is 34.1 Å². The maximum Gasteiger partial charge on any atom is 0.335 e. The average Bonchev–Trinajstić information content (AvgIpc) is 2.51. The summed E-state index contributed by atoms with van der Waals surface area (Å²) in [4.78, 5) is 30.0. The third-order valence-corrected chi connectivity index (χ3v) is 3.70. The number of benzene rings is 1. The summed E-state index contributed by atoms with van der Waals surface area (Å²) in [7, 11) is 1.69. The maximum absolute atomic E-state index is 12.4. The van der Waals surface area contributed by atoms with Gasteiger partial charge in [-0.2, -0.15) is 0 Å².